The highest BCUT2D eigenvalue weighted by molar-refractivity contribution is 9.22. The van der Waals surface area contributed by atoms with E-state index in [1.165, 1.54) is 39.3 Å². The first-order chi connectivity index (χ1) is 15.5. The van der Waals surface area contributed by atoms with Gasteiger partial charge in [0.05, 0.1) is 0 Å². The molecule has 0 saturated heterocycles. The zero-order valence-corrected chi connectivity index (χ0v) is 28.3. The minimum atomic E-state index is 0.188. The van der Waals surface area contributed by atoms with Crippen LogP contribution >= 0.6 is 57.2 Å². The van der Waals surface area contributed by atoms with Gasteiger partial charge < -0.3 is 19.2 Å². The maximum absolute atomic E-state index is 7.47. The Kier molecular flexibility index (Phi) is 9.87. The van der Waals surface area contributed by atoms with Crippen LogP contribution in [0, 0.1) is 0 Å². The van der Waals surface area contributed by atoms with E-state index in [0.717, 1.165) is 26.0 Å². The van der Waals surface area contributed by atoms with Crippen LogP contribution in [0.1, 0.15) is 55.4 Å². The molecule has 178 valence electrons. The molecule has 4 aromatic heterocycles. The van der Waals surface area contributed by atoms with E-state index in [1.807, 2.05) is 0 Å². The van der Waals surface area contributed by atoms with Crippen molar-refractivity contribution in [2.24, 2.45) is 0 Å². The van der Waals surface area contributed by atoms with Gasteiger partial charge in [-0.05, 0) is 71.5 Å². The van der Waals surface area contributed by atoms with Crippen molar-refractivity contribution in [2.75, 3.05) is 52.4 Å². The van der Waals surface area contributed by atoms with Gasteiger partial charge in [0.25, 0.3) is 19.4 Å². The summed E-state index contributed by atoms with van der Waals surface area (Å²) in [5.74, 6) is 0. The Morgan fingerprint density at radius 2 is 0.969 bits per heavy atom. The Bertz CT molecular complexity index is 936. The molecule has 0 aromatic carbocycles. The van der Waals surface area contributed by atoms with Crippen molar-refractivity contribution in [3.8, 4) is 0 Å². The highest BCUT2D eigenvalue weighted by atomic mass is 35.5. The number of halogens is 1. The molecule has 1 aliphatic rings. The summed E-state index contributed by atoms with van der Waals surface area (Å²) >= 11 is 7.47. The Balaban J connectivity index is 1.87. The number of rotatable bonds is 14. The molecule has 0 fully saturated rings. The maximum atomic E-state index is 7.47. The fraction of sp³-hybridized carbons (Fsp3) is 1.00. The van der Waals surface area contributed by atoms with Gasteiger partial charge in [0.1, 0.15) is 0 Å². The van der Waals surface area contributed by atoms with E-state index in [1.54, 1.807) is 0 Å². The van der Waals surface area contributed by atoms with Crippen molar-refractivity contribution < 1.29 is 0 Å². The number of hydrogen-bond donors (Lipinski definition) is 0. The van der Waals surface area contributed by atoms with Gasteiger partial charge in [0.2, 0.25) is 0 Å². The van der Waals surface area contributed by atoms with Crippen LogP contribution in [0.2, 0.25) is 0 Å². The molecule has 4 nitrogen and oxygen atoms in total. The van der Waals surface area contributed by atoms with Gasteiger partial charge in [-0.25, -0.2) is 0 Å². The number of nitrogens with zero attached hydrogens (tertiary/aromatic N) is 4. The lowest BCUT2D eigenvalue weighted by Gasteiger charge is -2.33. The van der Waals surface area contributed by atoms with Crippen LogP contribution in [0.3, 0.4) is 0 Å². The maximum Gasteiger partial charge on any atom is 0.326 e. The molecule has 1 aliphatic heterocycles. The first-order valence-corrected chi connectivity index (χ1v) is 29.1. The van der Waals surface area contributed by atoms with Crippen LogP contribution < -0.4 is 0 Å². The molecule has 5 atom stereocenters. The van der Waals surface area contributed by atoms with Crippen LogP contribution in [-0.2, 0) is 0 Å². The summed E-state index contributed by atoms with van der Waals surface area (Å²) in [6.45, 7) is 32.2. The SMILES string of the molecule is CCN(CC)B(Cl)B(N(CC)CC)p1p2p3p4p1p4p2B(N(CC)CC)B3N(CC)CC. The molecule has 6 bridgehead atoms. The highest BCUT2D eigenvalue weighted by Crippen LogP contribution is 3.17. The third kappa shape index (κ3) is 4.11. The largest absolute Gasteiger partial charge is 0.339 e. The summed E-state index contributed by atoms with van der Waals surface area (Å²) in [5.41, 5.74) is 0. The molecule has 0 aliphatic carbocycles. The van der Waals surface area contributed by atoms with E-state index in [2.05, 4.69) is 74.6 Å². The van der Waals surface area contributed by atoms with Crippen molar-refractivity contribution >= 4 is 82.8 Å². The van der Waals surface area contributed by atoms with Gasteiger partial charge in [-0.3, -0.25) is 0 Å². The predicted molar refractivity (Wildman–Crippen MR) is 169 cm³/mol. The van der Waals surface area contributed by atoms with Gasteiger partial charge in [-0.1, -0.05) is 82.1 Å². The van der Waals surface area contributed by atoms with E-state index in [9.17, 15) is 0 Å². The predicted octanol–water partition coefficient (Wildman–Crippen LogP) is 8.36. The average molecular weight is 584 g/mol. The van der Waals surface area contributed by atoms with Crippen LogP contribution in [0.15, 0.2) is 0 Å². The van der Waals surface area contributed by atoms with Crippen molar-refractivity contribution in [3.05, 3.63) is 0 Å². The monoisotopic (exact) mass is 584 g/mol. The first-order valence-electron chi connectivity index (χ1n) is 12.7. The Labute approximate surface area is 209 Å². The summed E-state index contributed by atoms with van der Waals surface area (Å²) in [7, 11) is 0. The fourth-order valence-electron chi connectivity index (χ4n) is 5.62. The van der Waals surface area contributed by atoms with Gasteiger partial charge >= 0.3 is 6.15 Å². The lowest BCUT2D eigenvalue weighted by atomic mass is 9.49. The lowest BCUT2D eigenvalue weighted by Crippen LogP contribution is -2.54. The van der Waals surface area contributed by atoms with E-state index in [0.29, 0.717) is 45.5 Å². The summed E-state index contributed by atoms with van der Waals surface area (Å²) in [6.07, 6.45) is 2.00. The molecular weight excluding hydrogens is 544 g/mol. The minimum absolute atomic E-state index is 0.188. The second-order valence-electron chi connectivity index (χ2n) is 8.53. The molecule has 16 heteroatoms. The molecular formula is C16H40B4ClN4P7. The highest BCUT2D eigenvalue weighted by Gasteiger charge is 2.58. The van der Waals surface area contributed by atoms with Gasteiger partial charge in [-0.15, -0.1) is 0 Å². The topological polar surface area (TPSA) is 13.0 Å². The van der Waals surface area contributed by atoms with Crippen LogP contribution in [-0.4, -0.2) is 97.1 Å². The van der Waals surface area contributed by atoms with Gasteiger partial charge in [-0.2, -0.15) is 11.5 Å². The van der Waals surface area contributed by atoms with Crippen molar-refractivity contribution in [1.82, 2.24) is 19.2 Å². The van der Waals surface area contributed by atoms with Crippen LogP contribution in [0.25, 0.3) is 0 Å². The smallest absolute Gasteiger partial charge is 0.326 e. The summed E-state index contributed by atoms with van der Waals surface area (Å²) < 4.78 is 0. The zero-order valence-electron chi connectivity index (χ0n) is 21.3. The molecule has 5 heterocycles. The van der Waals surface area contributed by atoms with Crippen molar-refractivity contribution in [3.63, 3.8) is 0 Å². The Morgan fingerprint density at radius 3 is 1.31 bits per heavy atom. The molecule has 5 unspecified atom stereocenters. The standard InChI is InChI=1S/C16H40B4ClN4P7/c1-9-22(10-2)17(21)18(23(11-3)12-4)26-29-27-19(24(13-5)14-6)20(25(15-7)16-8)28(29)32-30(26)31(27)32/h9-16H2,1-8H3. The zero-order chi connectivity index (χ0) is 23.3. The minimum Gasteiger partial charge on any atom is -0.339 e. The van der Waals surface area contributed by atoms with Gasteiger partial charge in [0.15, 0.2) is 0 Å². The van der Waals surface area contributed by atoms with Crippen LogP contribution in [0.5, 0.6) is 0 Å². The third-order valence-electron chi connectivity index (χ3n) is 7.49. The molecule has 5 rings (SSSR count). The fourth-order valence-corrected chi connectivity index (χ4v) is 212. The summed E-state index contributed by atoms with van der Waals surface area (Å²) in [6, 6.07) is 0. The molecule has 0 spiro atoms. The normalized spacial score (nSPS) is 18.5. The van der Waals surface area contributed by atoms with Crippen molar-refractivity contribution in [2.45, 2.75) is 55.4 Å². The molecule has 0 radical (unpaired) electrons. The van der Waals surface area contributed by atoms with E-state index < -0.39 is 0 Å². The van der Waals surface area contributed by atoms with E-state index >= 15 is 0 Å². The molecule has 0 saturated carbocycles. The average Bonchev–Trinajstić information content (AvgIpc) is 3.03. The van der Waals surface area contributed by atoms with Crippen molar-refractivity contribution in [1.29, 1.82) is 0 Å². The molecule has 0 N–H and O–H groups in total. The molecule has 32 heavy (non-hydrogen) atoms. The summed E-state index contributed by atoms with van der Waals surface area (Å²) in [4.78, 5) is 11.3. The number of hydrogen-bond acceptors (Lipinski definition) is 4. The second kappa shape index (κ2) is 11.5. The Morgan fingerprint density at radius 1 is 0.562 bits per heavy atom. The van der Waals surface area contributed by atoms with Crippen LogP contribution in [0.4, 0.5) is 0 Å². The Hall–Kier alpha value is 2.49. The molecule has 4 aromatic rings. The quantitative estimate of drug-likeness (QED) is 0.177. The van der Waals surface area contributed by atoms with E-state index in [4.69, 9.17) is 11.5 Å². The third-order valence-corrected chi connectivity index (χ3v) is 102. The molecule has 0 amide bonds. The lowest BCUT2D eigenvalue weighted by molar-refractivity contribution is 0.476. The van der Waals surface area contributed by atoms with Gasteiger partial charge in [0, 0.05) is 0 Å². The first kappa shape index (κ1) is 27.5. The summed E-state index contributed by atoms with van der Waals surface area (Å²) in [5, 5.41) is 0. The van der Waals surface area contributed by atoms with E-state index in [-0.39, 0.29) is 12.9 Å². The second-order valence-corrected chi connectivity index (χ2v) is 51.0.